The molecule has 1 atom stereocenters. The van der Waals surface area contributed by atoms with Crippen LogP contribution in [0.15, 0.2) is 66.1 Å². The van der Waals surface area contributed by atoms with E-state index in [0.29, 0.717) is 30.8 Å². The van der Waals surface area contributed by atoms with Gasteiger partial charge in [-0.15, -0.1) is 0 Å². The molecule has 3 aromatic rings. The molecular weight excluding hydrogens is 426 g/mol. The molecule has 0 bridgehead atoms. The lowest BCUT2D eigenvalue weighted by molar-refractivity contribution is -0.126. The number of hydrogen-bond acceptors (Lipinski definition) is 5. The number of carbonyl (C=O) groups is 1. The third-order valence-corrected chi connectivity index (χ3v) is 7.83. The Labute approximate surface area is 188 Å². The van der Waals surface area contributed by atoms with Crippen LogP contribution in [0.5, 0.6) is 0 Å². The molecule has 2 aromatic carbocycles. The zero-order valence-electron chi connectivity index (χ0n) is 18.2. The van der Waals surface area contributed by atoms with Crippen molar-refractivity contribution in [2.45, 2.75) is 37.6 Å². The van der Waals surface area contributed by atoms with Crippen LogP contribution in [0.3, 0.4) is 0 Å². The van der Waals surface area contributed by atoms with Crippen LogP contribution in [0.4, 0.5) is 0 Å². The van der Waals surface area contributed by atoms with E-state index >= 15 is 0 Å². The number of benzene rings is 2. The highest BCUT2D eigenvalue weighted by Gasteiger charge is 2.32. The summed E-state index contributed by atoms with van der Waals surface area (Å²) in [5.74, 6) is -0.235. The first-order valence-corrected chi connectivity index (χ1v) is 12.1. The van der Waals surface area contributed by atoms with Gasteiger partial charge in [0, 0.05) is 19.0 Å². The van der Waals surface area contributed by atoms with Gasteiger partial charge in [-0.05, 0) is 56.5 Å². The van der Waals surface area contributed by atoms with Crippen molar-refractivity contribution in [3.05, 3.63) is 72.3 Å². The summed E-state index contributed by atoms with van der Waals surface area (Å²) < 4.78 is 28.9. The van der Waals surface area contributed by atoms with Crippen LogP contribution in [-0.4, -0.2) is 46.5 Å². The van der Waals surface area contributed by atoms with Crippen molar-refractivity contribution in [1.29, 1.82) is 0 Å². The molecule has 1 fully saturated rings. The minimum Gasteiger partial charge on any atom is -0.349 e. The van der Waals surface area contributed by atoms with Gasteiger partial charge in [-0.25, -0.2) is 18.1 Å². The van der Waals surface area contributed by atoms with Crippen molar-refractivity contribution in [3.8, 4) is 5.69 Å². The minimum atomic E-state index is -3.53. The first kappa shape index (κ1) is 22.2. The van der Waals surface area contributed by atoms with Crippen molar-refractivity contribution in [3.63, 3.8) is 0 Å². The Morgan fingerprint density at radius 3 is 2.31 bits per heavy atom. The van der Waals surface area contributed by atoms with Crippen molar-refractivity contribution in [2.24, 2.45) is 5.92 Å². The highest BCUT2D eigenvalue weighted by molar-refractivity contribution is 7.89. The lowest BCUT2D eigenvalue weighted by Gasteiger charge is -2.31. The van der Waals surface area contributed by atoms with Gasteiger partial charge in [-0.3, -0.25) is 4.79 Å². The first-order chi connectivity index (χ1) is 15.3. The Morgan fingerprint density at radius 2 is 1.72 bits per heavy atom. The van der Waals surface area contributed by atoms with E-state index in [2.05, 4.69) is 15.4 Å². The van der Waals surface area contributed by atoms with E-state index in [0.717, 1.165) is 16.8 Å². The van der Waals surface area contributed by atoms with Crippen molar-refractivity contribution < 1.29 is 13.2 Å². The van der Waals surface area contributed by atoms with Gasteiger partial charge >= 0.3 is 0 Å². The number of sulfonamides is 1. The van der Waals surface area contributed by atoms with E-state index in [1.807, 2.05) is 38.1 Å². The minimum absolute atomic E-state index is 0.0368. The second-order valence-electron chi connectivity index (χ2n) is 8.15. The molecule has 1 unspecified atom stereocenters. The molecule has 1 amide bonds. The Morgan fingerprint density at radius 1 is 1.06 bits per heavy atom. The lowest BCUT2D eigenvalue weighted by atomic mass is 9.96. The maximum Gasteiger partial charge on any atom is 0.243 e. The summed E-state index contributed by atoms with van der Waals surface area (Å²) in [5.41, 5.74) is 2.90. The molecule has 1 saturated heterocycles. The Balaban J connectivity index is 1.33. The molecule has 4 rings (SSSR count). The molecular formula is C23H27N5O3S. The SMILES string of the molecule is Cc1ccc(S(=O)(=O)N2CCC(C(=O)NC(C)c3ccc(-n4cncn4)cc3)CC2)cc1. The molecule has 8 nitrogen and oxygen atoms in total. The van der Waals surface area contributed by atoms with Crippen molar-refractivity contribution >= 4 is 15.9 Å². The Hall–Kier alpha value is -3.04. The van der Waals surface area contributed by atoms with Crippen LogP contribution in [0.1, 0.15) is 36.9 Å². The van der Waals surface area contributed by atoms with Gasteiger partial charge in [0.05, 0.1) is 16.6 Å². The molecule has 0 radical (unpaired) electrons. The van der Waals surface area contributed by atoms with E-state index in [-0.39, 0.29) is 17.9 Å². The summed E-state index contributed by atoms with van der Waals surface area (Å²) in [4.78, 5) is 17.0. The number of rotatable bonds is 6. The topological polar surface area (TPSA) is 97.2 Å². The molecule has 0 saturated carbocycles. The van der Waals surface area contributed by atoms with Crippen molar-refractivity contribution in [1.82, 2.24) is 24.4 Å². The molecule has 9 heteroatoms. The Bertz CT molecular complexity index is 1150. The van der Waals surface area contributed by atoms with Crippen LogP contribution >= 0.6 is 0 Å². The summed E-state index contributed by atoms with van der Waals surface area (Å²) in [7, 11) is -3.53. The predicted molar refractivity (Wildman–Crippen MR) is 121 cm³/mol. The number of piperidine rings is 1. The quantitative estimate of drug-likeness (QED) is 0.619. The predicted octanol–water partition coefficient (Wildman–Crippen LogP) is 2.85. The molecule has 1 aliphatic rings. The van der Waals surface area contributed by atoms with Gasteiger partial charge < -0.3 is 5.32 Å². The Kier molecular flexibility index (Phi) is 6.38. The molecule has 0 aliphatic carbocycles. The maximum absolute atomic E-state index is 12.9. The number of carbonyl (C=O) groups excluding carboxylic acids is 1. The number of nitrogens with one attached hydrogen (secondary N) is 1. The number of amides is 1. The summed E-state index contributed by atoms with van der Waals surface area (Å²) in [5, 5.41) is 7.18. The van der Waals surface area contributed by atoms with Gasteiger partial charge in [0.2, 0.25) is 15.9 Å². The van der Waals surface area contributed by atoms with Gasteiger partial charge in [-0.2, -0.15) is 9.40 Å². The van der Waals surface area contributed by atoms with Gasteiger partial charge in [0.25, 0.3) is 0 Å². The lowest BCUT2D eigenvalue weighted by Crippen LogP contribution is -2.43. The molecule has 1 aliphatic heterocycles. The van der Waals surface area contributed by atoms with Gasteiger partial charge in [0.15, 0.2) is 0 Å². The maximum atomic E-state index is 12.9. The highest BCUT2D eigenvalue weighted by atomic mass is 32.2. The van der Waals surface area contributed by atoms with Crippen molar-refractivity contribution in [2.75, 3.05) is 13.1 Å². The molecule has 2 heterocycles. The number of aryl methyl sites for hydroxylation is 1. The monoisotopic (exact) mass is 453 g/mol. The largest absolute Gasteiger partial charge is 0.349 e. The zero-order chi connectivity index (χ0) is 22.7. The number of hydrogen-bond donors (Lipinski definition) is 1. The fourth-order valence-electron chi connectivity index (χ4n) is 3.89. The number of aromatic nitrogens is 3. The molecule has 1 aromatic heterocycles. The summed E-state index contributed by atoms with van der Waals surface area (Å²) >= 11 is 0. The third-order valence-electron chi connectivity index (χ3n) is 5.92. The average Bonchev–Trinajstić information content (AvgIpc) is 3.34. The summed E-state index contributed by atoms with van der Waals surface area (Å²) in [6, 6.07) is 14.5. The number of nitrogens with zero attached hydrogens (tertiary/aromatic N) is 4. The molecule has 0 spiro atoms. The van der Waals surface area contributed by atoms with E-state index in [9.17, 15) is 13.2 Å². The summed E-state index contributed by atoms with van der Waals surface area (Å²) in [6.45, 7) is 4.55. The fraction of sp³-hybridized carbons (Fsp3) is 0.348. The second-order valence-corrected chi connectivity index (χ2v) is 10.1. The molecule has 32 heavy (non-hydrogen) atoms. The smallest absolute Gasteiger partial charge is 0.243 e. The normalized spacial score (nSPS) is 16.6. The highest BCUT2D eigenvalue weighted by Crippen LogP contribution is 2.25. The van der Waals surface area contributed by atoms with E-state index in [1.165, 1.54) is 10.6 Å². The van der Waals surface area contributed by atoms with E-state index < -0.39 is 10.0 Å². The van der Waals surface area contributed by atoms with Crippen LogP contribution in [0.25, 0.3) is 5.69 Å². The third kappa shape index (κ3) is 4.73. The fourth-order valence-corrected chi connectivity index (χ4v) is 5.36. The van der Waals surface area contributed by atoms with Crippen LogP contribution in [0, 0.1) is 12.8 Å². The first-order valence-electron chi connectivity index (χ1n) is 10.7. The van der Waals surface area contributed by atoms with E-state index in [1.54, 1.807) is 35.3 Å². The molecule has 168 valence electrons. The second kappa shape index (κ2) is 9.22. The molecule has 1 N–H and O–H groups in total. The van der Waals surface area contributed by atoms with Crippen LogP contribution in [-0.2, 0) is 14.8 Å². The summed E-state index contributed by atoms with van der Waals surface area (Å²) in [6.07, 6.45) is 4.13. The zero-order valence-corrected chi connectivity index (χ0v) is 19.0. The van der Waals surface area contributed by atoms with Gasteiger partial charge in [0.1, 0.15) is 12.7 Å². The average molecular weight is 454 g/mol. The standard InChI is InChI=1S/C23H27N5O3S/c1-17-3-9-22(10-4-17)32(30,31)27-13-11-20(12-14-27)23(29)26-18(2)19-5-7-21(8-6-19)28-16-24-15-25-28/h3-10,15-16,18,20H,11-14H2,1-2H3,(H,26,29). The van der Waals surface area contributed by atoms with Gasteiger partial charge in [-0.1, -0.05) is 29.8 Å². The van der Waals surface area contributed by atoms with Crippen LogP contribution < -0.4 is 5.32 Å². The van der Waals surface area contributed by atoms with E-state index in [4.69, 9.17) is 0 Å². The van der Waals surface area contributed by atoms with Crippen LogP contribution in [0.2, 0.25) is 0 Å².